The average molecular weight is 426 g/mol. The predicted molar refractivity (Wildman–Crippen MR) is 117 cm³/mol. The molecule has 5 rings (SSSR count). The average Bonchev–Trinajstić information content (AvgIpc) is 3.36. The van der Waals surface area contributed by atoms with Gasteiger partial charge in [-0.15, -0.1) is 11.3 Å². The second-order valence-electron chi connectivity index (χ2n) is 7.54. The largest absolute Gasteiger partial charge is 0.494 e. The van der Waals surface area contributed by atoms with Crippen molar-refractivity contribution in [2.75, 3.05) is 33.3 Å². The molecule has 3 aromatic heterocycles. The van der Waals surface area contributed by atoms with Crippen LogP contribution in [0.4, 0.5) is 11.5 Å². The van der Waals surface area contributed by atoms with Gasteiger partial charge < -0.3 is 19.5 Å². The van der Waals surface area contributed by atoms with Crippen molar-refractivity contribution in [2.24, 2.45) is 0 Å². The molecule has 0 bridgehead atoms. The minimum absolute atomic E-state index is 0.279. The maximum absolute atomic E-state index is 5.87. The monoisotopic (exact) mass is 425 g/mol. The molecule has 1 atom stereocenters. The molecule has 0 unspecified atom stereocenters. The van der Waals surface area contributed by atoms with Crippen LogP contribution in [0.2, 0.25) is 0 Å². The summed E-state index contributed by atoms with van der Waals surface area (Å²) in [7, 11) is 5.15. The van der Waals surface area contributed by atoms with Gasteiger partial charge in [0, 0.05) is 37.0 Å². The lowest BCUT2D eigenvalue weighted by atomic mass is 9.84. The minimum atomic E-state index is -0.279. The number of fused-ring (bicyclic) bond motifs is 4. The Morgan fingerprint density at radius 2 is 2.13 bits per heavy atom. The van der Waals surface area contributed by atoms with Gasteiger partial charge in [0.25, 0.3) is 0 Å². The number of hydrogen-bond donors (Lipinski definition) is 2. The Hall–Kier alpha value is -2.75. The fourth-order valence-electron chi connectivity index (χ4n) is 4.26. The van der Waals surface area contributed by atoms with Crippen LogP contribution < -0.4 is 10.1 Å². The quantitative estimate of drug-likeness (QED) is 0.485. The highest BCUT2D eigenvalue weighted by Crippen LogP contribution is 2.43. The van der Waals surface area contributed by atoms with E-state index < -0.39 is 0 Å². The molecule has 8 nitrogen and oxygen atoms in total. The normalized spacial score (nSPS) is 18.6. The number of hydrogen-bond acceptors (Lipinski definition) is 8. The lowest BCUT2D eigenvalue weighted by Crippen LogP contribution is -2.41. The molecule has 0 aliphatic heterocycles. The van der Waals surface area contributed by atoms with Crippen LogP contribution in [0.5, 0.6) is 5.75 Å². The zero-order valence-electron chi connectivity index (χ0n) is 17.1. The van der Waals surface area contributed by atoms with E-state index in [-0.39, 0.29) is 5.60 Å². The van der Waals surface area contributed by atoms with Crippen LogP contribution >= 0.6 is 11.3 Å². The molecular formula is C21H23N5O3S. The van der Waals surface area contributed by atoms with Gasteiger partial charge in [0.15, 0.2) is 0 Å². The van der Waals surface area contributed by atoms with Crippen LogP contribution in [0.25, 0.3) is 21.1 Å². The second-order valence-corrected chi connectivity index (χ2v) is 8.62. The number of anilines is 2. The maximum atomic E-state index is 5.87. The van der Waals surface area contributed by atoms with Crippen LogP contribution in [0.1, 0.15) is 16.9 Å². The van der Waals surface area contributed by atoms with E-state index in [2.05, 4.69) is 25.5 Å². The number of nitrogens with zero attached hydrogens (tertiary/aromatic N) is 3. The standard InChI is InChI=1S/C21H23N5O3S/c1-27-10-21(29-3)5-4-13-17(8-21)30-20-18(13)19(22-11-23-20)25-15-6-12-9-24-26-14(12)7-16(15)28-2/h6-7,9,11H,4-5,8,10H2,1-3H3,(H,24,26)(H,22,23,25)/t21-/m0/s1. The van der Waals surface area contributed by atoms with Gasteiger partial charge >= 0.3 is 0 Å². The Labute approximate surface area is 177 Å². The van der Waals surface area contributed by atoms with E-state index in [1.54, 1.807) is 45.2 Å². The highest BCUT2D eigenvalue weighted by Gasteiger charge is 2.37. The molecule has 0 amide bonds. The first-order chi connectivity index (χ1) is 14.7. The molecule has 3 heterocycles. The van der Waals surface area contributed by atoms with E-state index in [4.69, 9.17) is 14.2 Å². The Bertz CT molecular complexity index is 1220. The van der Waals surface area contributed by atoms with Gasteiger partial charge in [-0.3, -0.25) is 5.10 Å². The summed E-state index contributed by atoms with van der Waals surface area (Å²) in [5, 5.41) is 12.6. The Morgan fingerprint density at radius 1 is 1.23 bits per heavy atom. The fraction of sp³-hybridized carbons (Fsp3) is 0.381. The SMILES string of the molecule is COC[C@]1(OC)CCc2c(sc3ncnc(Nc4cc5cn[nH]c5cc4OC)c23)C1. The molecule has 0 saturated carbocycles. The molecule has 1 aromatic carbocycles. The van der Waals surface area contributed by atoms with Crippen LogP contribution in [-0.2, 0) is 22.3 Å². The molecule has 0 radical (unpaired) electrons. The number of ether oxygens (including phenoxy) is 3. The number of H-pyrrole nitrogens is 1. The summed E-state index contributed by atoms with van der Waals surface area (Å²) in [5.41, 5.74) is 2.78. The van der Waals surface area contributed by atoms with Gasteiger partial charge in [-0.05, 0) is 24.5 Å². The van der Waals surface area contributed by atoms with Crippen molar-refractivity contribution in [3.8, 4) is 5.75 Å². The summed E-state index contributed by atoms with van der Waals surface area (Å²) < 4.78 is 16.9. The number of aryl methyl sites for hydroxylation is 1. The Balaban J connectivity index is 1.57. The number of nitrogens with one attached hydrogen (secondary N) is 2. The summed E-state index contributed by atoms with van der Waals surface area (Å²) in [5.74, 6) is 1.51. The first-order valence-corrected chi connectivity index (χ1v) is 10.6. The molecular weight excluding hydrogens is 402 g/mol. The summed E-state index contributed by atoms with van der Waals surface area (Å²) >= 11 is 1.71. The highest BCUT2D eigenvalue weighted by molar-refractivity contribution is 7.19. The van der Waals surface area contributed by atoms with Gasteiger partial charge in [0.05, 0.1) is 42.1 Å². The van der Waals surface area contributed by atoms with E-state index in [0.29, 0.717) is 6.61 Å². The van der Waals surface area contributed by atoms with E-state index >= 15 is 0 Å². The molecule has 0 spiro atoms. The number of aromatic amines is 1. The van der Waals surface area contributed by atoms with Crippen molar-refractivity contribution >= 4 is 44.0 Å². The molecule has 30 heavy (non-hydrogen) atoms. The summed E-state index contributed by atoms with van der Waals surface area (Å²) in [6, 6.07) is 3.95. The van der Waals surface area contributed by atoms with Crippen LogP contribution in [0.15, 0.2) is 24.7 Å². The van der Waals surface area contributed by atoms with E-state index in [9.17, 15) is 0 Å². The predicted octanol–water partition coefficient (Wildman–Crippen LogP) is 3.84. The van der Waals surface area contributed by atoms with Gasteiger partial charge in [-0.2, -0.15) is 5.10 Å². The third kappa shape index (κ3) is 3.10. The lowest BCUT2D eigenvalue weighted by molar-refractivity contribution is -0.0714. The molecule has 0 saturated heterocycles. The van der Waals surface area contributed by atoms with Crippen molar-refractivity contribution in [2.45, 2.75) is 24.9 Å². The molecule has 9 heteroatoms. The number of aromatic nitrogens is 4. The van der Waals surface area contributed by atoms with Crippen molar-refractivity contribution in [1.82, 2.24) is 20.2 Å². The van der Waals surface area contributed by atoms with Crippen LogP contribution in [0, 0.1) is 0 Å². The molecule has 4 aromatic rings. The zero-order valence-corrected chi connectivity index (χ0v) is 17.9. The van der Waals surface area contributed by atoms with Crippen molar-refractivity contribution < 1.29 is 14.2 Å². The lowest BCUT2D eigenvalue weighted by Gasteiger charge is -2.35. The highest BCUT2D eigenvalue weighted by atomic mass is 32.1. The number of rotatable bonds is 6. The van der Waals surface area contributed by atoms with E-state index in [0.717, 1.165) is 57.6 Å². The number of benzene rings is 1. The third-order valence-electron chi connectivity index (χ3n) is 5.84. The minimum Gasteiger partial charge on any atom is -0.494 e. The van der Waals surface area contributed by atoms with E-state index in [1.807, 2.05) is 12.1 Å². The van der Waals surface area contributed by atoms with E-state index in [1.165, 1.54) is 10.4 Å². The maximum Gasteiger partial charge on any atom is 0.144 e. The Kier molecular flexibility index (Phi) is 4.80. The Morgan fingerprint density at radius 3 is 2.93 bits per heavy atom. The number of thiophene rings is 1. The smallest absolute Gasteiger partial charge is 0.144 e. The first-order valence-electron chi connectivity index (χ1n) is 9.74. The van der Waals surface area contributed by atoms with Crippen molar-refractivity contribution in [1.29, 1.82) is 0 Å². The van der Waals surface area contributed by atoms with Gasteiger partial charge in [-0.25, -0.2) is 9.97 Å². The number of methoxy groups -OCH3 is 3. The molecule has 1 aliphatic carbocycles. The van der Waals surface area contributed by atoms with Crippen LogP contribution in [-0.4, -0.2) is 53.7 Å². The zero-order chi connectivity index (χ0) is 20.7. The first kappa shape index (κ1) is 19.2. The molecule has 0 fully saturated rings. The molecule has 1 aliphatic rings. The van der Waals surface area contributed by atoms with Crippen molar-refractivity contribution in [3.63, 3.8) is 0 Å². The van der Waals surface area contributed by atoms with Crippen LogP contribution in [0.3, 0.4) is 0 Å². The third-order valence-corrected chi connectivity index (χ3v) is 6.98. The molecule has 156 valence electrons. The van der Waals surface area contributed by atoms with Gasteiger partial charge in [0.2, 0.25) is 0 Å². The second kappa shape index (κ2) is 7.50. The van der Waals surface area contributed by atoms with Gasteiger partial charge in [0.1, 0.15) is 22.7 Å². The van der Waals surface area contributed by atoms with Crippen molar-refractivity contribution in [3.05, 3.63) is 35.1 Å². The fourth-order valence-corrected chi connectivity index (χ4v) is 5.58. The molecule has 2 N–H and O–H groups in total. The summed E-state index contributed by atoms with van der Waals surface area (Å²) in [6.07, 6.45) is 6.01. The topological polar surface area (TPSA) is 94.2 Å². The summed E-state index contributed by atoms with van der Waals surface area (Å²) in [6.45, 7) is 0.579. The van der Waals surface area contributed by atoms with Gasteiger partial charge in [-0.1, -0.05) is 0 Å². The summed E-state index contributed by atoms with van der Waals surface area (Å²) in [4.78, 5) is 11.4.